The average Bonchev–Trinajstić information content (AvgIpc) is 1.79. The van der Waals surface area contributed by atoms with E-state index in [1.165, 1.54) is 0 Å². The SMILES string of the molecule is CC(C=O)[C@H]1CC(=O)N1. The van der Waals surface area contributed by atoms with E-state index in [1.54, 1.807) is 6.92 Å². The molecular weight excluding hydrogens is 118 g/mol. The number of β-lactam (4-membered cyclic amide) rings is 1. The van der Waals surface area contributed by atoms with E-state index >= 15 is 0 Å². The van der Waals surface area contributed by atoms with Crippen LogP contribution in [0.25, 0.3) is 0 Å². The van der Waals surface area contributed by atoms with Crippen LogP contribution in [-0.2, 0) is 9.59 Å². The Bertz CT molecular complexity index is 136. The molecule has 1 heterocycles. The summed E-state index contributed by atoms with van der Waals surface area (Å²) in [6, 6.07) is 0.106. The van der Waals surface area contributed by atoms with Crippen LogP contribution in [0.2, 0.25) is 0 Å². The summed E-state index contributed by atoms with van der Waals surface area (Å²) in [7, 11) is 0. The molecule has 0 aliphatic carbocycles. The zero-order chi connectivity index (χ0) is 6.85. The van der Waals surface area contributed by atoms with Crippen molar-refractivity contribution in [2.24, 2.45) is 5.92 Å². The van der Waals surface area contributed by atoms with E-state index in [2.05, 4.69) is 5.32 Å². The fraction of sp³-hybridized carbons (Fsp3) is 0.667. The summed E-state index contributed by atoms with van der Waals surface area (Å²) in [5, 5.41) is 2.62. The summed E-state index contributed by atoms with van der Waals surface area (Å²) < 4.78 is 0. The van der Waals surface area contributed by atoms with Gasteiger partial charge in [0, 0.05) is 18.4 Å². The molecular formula is C6H9NO2. The maximum atomic E-state index is 10.3. The lowest BCUT2D eigenvalue weighted by molar-refractivity contribution is -0.130. The number of hydrogen-bond donors (Lipinski definition) is 1. The third-order valence-corrected chi connectivity index (χ3v) is 1.60. The van der Waals surface area contributed by atoms with Gasteiger partial charge in [0.2, 0.25) is 5.91 Å². The van der Waals surface area contributed by atoms with Gasteiger partial charge in [-0.1, -0.05) is 6.92 Å². The van der Waals surface area contributed by atoms with E-state index in [0.717, 1.165) is 6.29 Å². The van der Waals surface area contributed by atoms with Crippen molar-refractivity contribution in [2.45, 2.75) is 19.4 Å². The largest absolute Gasteiger partial charge is 0.352 e. The highest BCUT2D eigenvalue weighted by atomic mass is 16.2. The topological polar surface area (TPSA) is 46.2 Å². The second-order valence-corrected chi connectivity index (χ2v) is 2.37. The van der Waals surface area contributed by atoms with Crippen molar-refractivity contribution in [1.82, 2.24) is 5.32 Å². The van der Waals surface area contributed by atoms with Gasteiger partial charge in [0.15, 0.2) is 0 Å². The molecule has 1 unspecified atom stereocenters. The van der Waals surface area contributed by atoms with Gasteiger partial charge in [0.1, 0.15) is 6.29 Å². The molecule has 9 heavy (non-hydrogen) atoms. The van der Waals surface area contributed by atoms with Crippen molar-refractivity contribution in [3.8, 4) is 0 Å². The molecule has 2 atom stereocenters. The number of carbonyl (C=O) groups excluding carboxylic acids is 2. The molecule has 3 heteroatoms. The molecule has 0 radical (unpaired) electrons. The number of nitrogens with one attached hydrogen (secondary N) is 1. The molecule has 0 saturated carbocycles. The molecule has 0 spiro atoms. The number of hydrogen-bond acceptors (Lipinski definition) is 2. The van der Waals surface area contributed by atoms with Gasteiger partial charge < -0.3 is 10.1 Å². The van der Waals surface area contributed by atoms with Gasteiger partial charge in [0.05, 0.1) is 0 Å². The third kappa shape index (κ3) is 1.09. The van der Waals surface area contributed by atoms with Crippen molar-refractivity contribution < 1.29 is 9.59 Å². The molecule has 1 N–H and O–H groups in total. The van der Waals surface area contributed by atoms with Crippen LogP contribution in [0.5, 0.6) is 0 Å². The predicted molar refractivity (Wildman–Crippen MR) is 31.8 cm³/mol. The van der Waals surface area contributed by atoms with Crippen molar-refractivity contribution in [3.05, 3.63) is 0 Å². The quantitative estimate of drug-likeness (QED) is 0.409. The van der Waals surface area contributed by atoms with Gasteiger partial charge in [-0.05, 0) is 0 Å². The van der Waals surface area contributed by atoms with Crippen LogP contribution in [0.3, 0.4) is 0 Å². The second-order valence-electron chi connectivity index (χ2n) is 2.37. The van der Waals surface area contributed by atoms with Gasteiger partial charge in [-0.15, -0.1) is 0 Å². The van der Waals surface area contributed by atoms with E-state index in [0.29, 0.717) is 6.42 Å². The number of amides is 1. The fourth-order valence-electron chi connectivity index (χ4n) is 0.798. The lowest BCUT2D eigenvalue weighted by Crippen LogP contribution is -2.52. The van der Waals surface area contributed by atoms with Crippen LogP contribution >= 0.6 is 0 Å². The van der Waals surface area contributed by atoms with Crippen molar-refractivity contribution in [3.63, 3.8) is 0 Å². The first-order valence-corrected chi connectivity index (χ1v) is 2.98. The van der Waals surface area contributed by atoms with Crippen LogP contribution in [-0.4, -0.2) is 18.2 Å². The summed E-state index contributed by atoms with van der Waals surface area (Å²) in [4.78, 5) is 20.4. The first-order valence-electron chi connectivity index (χ1n) is 2.98. The number of carbonyl (C=O) groups is 2. The van der Waals surface area contributed by atoms with Gasteiger partial charge in [-0.3, -0.25) is 4.79 Å². The summed E-state index contributed by atoms with van der Waals surface area (Å²) in [5.41, 5.74) is 0. The number of rotatable bonds is 2. The summed E-state index contributed by atoms with van der Waals surface area (Å²) in [6.45, 7) is 1.80. The van der Waals surface area contributed by atoms with Crippen LogP contribution in [0.4, 0.5) is 0 Å². The van der Waals surface area contributed by atoms with E-state index in [-0.39, 0.29) is 17.9 Å². The Hall–Kier alpha value is -0.860. The molecule has 1 amide bonds. The summed E-state index contributed by atoms with van der Waals surface area (Å²) >= 11 is 0. The third-order valence-electron chi connectivity index (χ3n) is 1.60. The van der Waals surface area contributed by atoms with E-state index in [9.17, 15) is 9.59 Å². The Morgan fingerprint density at radius 1 is 1.89 bits per heavy atom. The second kappa shape index (κ2) is 2.17. The molecule has 1 aliphatic heterocycles. The van der Waals surface area contributed by atoms with Crippen LogP contribution in [0.1, 0.15) is 13.3 Å². The standard InChI is InChI=1S/C6H9NO2/c1-4(3-8)5-2-6(9)7-5/h3-5H,2H2,1H3,(H,7,9)/t4?,5-/m1/s1. The van der Waals surface area contributed by atoms with Crippen LogP contribution < -0.4 is 5.32 Å². The van der Waals surface area contributed by atoms with Crippen molar-refractivity contribution >= 4 is 12.2 Å². The molecule has 0 aromatic rings. The Balaban J connectivity index is 2.30. The predicted octanol–water partition coefficient (Wildman–Crippen LogP) is -0.290. The minimum atomic E-state index is -0.0253. The highest BCUT2D eigenvalue weighted by molar-refractivity contribution is 5.84. The molecule has 50 valence electrons. The maximum absolute atomic E-state index is 10.3. The van der Waals surface area contributed by atoms with Gasteiger partial charge in [-0.25, -0.2) is 0 Å². The monoisotopic (exact) mass is 127 g/mol. The number of aldehydes is 1. The Labute approximate surface area is 53.4 Å². The van der Waals surface area contributed by atoms with Crippen LogP contribution in [0, 0.1) is 5.92 Å². The molecule has 1 saturated heterocycles. The molecule has 0 aromatic heterocycles. The zero-order valence-corrected chi connectivity index (χ0v) is 5.26. The molecule has 0 bridgehead atoms. The highest BCUT2D eigenvalue weighted by Crippen LogP contribution is 2.11. The molecule has 1 fully saturated rings. The van der Waals surface area contributed by atoms with Gasteiger partial charge in [-0.2, -0.15) is 0 Å². The van der Waals surface area contributed by atoms with Gasteiger partial charge in [0.25, 0.3) is 0 Å². The molecule has 1 rings (SSSR count). The summed E-state index contributed by atoms with van der Waals surface area (Å²) in [5.74, 6) is 0.0244. The minimum Gasteiger partial charge on any atom is -0.352 e. The van der Waals surface area contributed by atoms with Crippen molar-refractivity contribution in [1.29, 1.82) is 0 Å². The summed E-state index contributed by atoms with van der Waals surface area (Å²) in [6.07, 6.45) is 1.38. The van der Waals surface area contributed by atoms with E-state index < -0.39 is 0 Å². The first kappa shape index (κ1) is 6.26. The average molecular weight is 127 g/mol. The Kier molecular flexibility index (Phi) is 1.51. The molecule has 1 aliphatic rings. The lowest BCUT2D eigenvalue weighted by Gasteiger charge is -2.29. The van der Waals surface area contributed by atoms with E-state index in [4.69, 9.17) is 0 Å². The maximum Gasteiger partial charge on any atom is 0.222 e. The van der Waals surface area contributed by atoms with E-state index in [1.807, 2.05) is 0 Å². The van der Waals surface area contributed by atoms with Gasteiger partial charge >= 0.3 is 0 Å². The van der Waals surface area contributed by atoms with Crippen LogP contribution in [0.15, 0.2) is 0 Å². The highest BCUT2D eigenvalue weighted by Gasteiger charge is 2.29. The normalized spacial score (nSPS) is 28.1. The minimum absolute atomic E-state index is 0.0253. The Morgan fingerprint density at radius 3 is 2.78 bits per heavy atom. The Morgan fingerprint density at radius 2 is 2.44 bits per heavy atom. The smallest absolute Gasteiger partial charge is 0.222 e. The first-order chi connectivity index (χ1) is 4.24. The molecule has 3 nitrogen and oxygen atoms in total. The fourth-order valence-corrected chi connectivity index (χ4v) is 0.798. The molecule has 0 aromatic carbocycles. The lowest BCUT2D eigenvalue weighted by atomic mass is 9.94. The zero-order valence-electron chi connectivity index (χ0n) is 5.26. The van der Waals surface area contributed by atoms with Crippen molar-refractivity contribution in [2.75, 3.05) is 0 Å².